The minimum absolute atomic E-state index is 0.301. The quantitative estimate of drug-likeness (QED) is 0.876. The first-order chi connectivity index (χ1) is 11.5. The van der Waals surface area contributed by atoms with Crippen molar-refractivity contribution in [2.45, 2.75) is 0 Å². The van der Waals surface area contributed by atoms with Gasteiger partial charge in [-0.25, -0.2) is 0 Å². The maximum atomic E-state index is 12.6. The molecular weight excluding hydrogens is 310 g/mol. The molecule has 24 heavy (non-hydrogen) atoms. The smallest absolute Gasteiger partial charge is 0.256 e. The SMILES string of the molecule is COc1cc(C(=O)Nc2cnccc2N(C)C)cc(OC)c1OC. The van der Waals surface area contributed by atoms with Crippen LogP contribution in [0.15, 0.2) is 30.6 Å². The molecule has 0 saturated heterocycles. The molecule has 0 radical (unpaired) electrons. The van der Waals surface area contributed by atoms with Gasteiger partial charge in [-0.05, 0) is 18.2 Å². The number of benzene rings is 1. The van der Waals surface area contributed by atoms with E-state index in [0.29, 0.717) is 28.5 Å². The molecule has 1 aromatic heterocycles. The van der Waals surface area contributed by atoms with E-state index in [-0.39, 0.29) is 5.91 Å². The van der Waals surface area contributed by atoms with Crippen LogP contribution in [0.3, 0.4) is 0 Å². The third-order valence-electron chi connectivity index (χ3n) is 3.45. The largest absolute Gasteiger partial charge is 0.493 e. The number of amides is 1. The summed E-state index contributed by atoms with van der Waals surface area (Å²) in [5, 5.41) is 2.85. The zero-order valence-corrected chi connectivity index (χ0v) is 14.4. The van der Waals surface area contributed by atoms with Crippen molar-refractivity contribution in [3.63, 3.8) is 0 Å². The summed E-state index contributed by atoms with van der Waals surface area (Å²) >= 11 is 0. The monoisotopic (exact) mass is 331 g/mol. The number of nitrogens with one attached hydrogen (secondary N) is 1. The minimum atomic E-state index is -0.301. The van der Waals surface area contributed by atoms with E-state index >= 15 is 0 Å². The Morgan fingerprint density at radius 1 is 1.08 bits per heavy atom. The summed E-state index contributed by atoms with van der Waals surface area (Å²) in [7, 11) is 8.31. The van der Waals surface area contributed by atoms with E-state index in [2.05, 4.69) is 10.3 Å². The second-order valence-corrected chi connectivity index (χ2v) is 5.16. The van der Waals surface area contributed by atoms with Gasteiger partial charge in [0.25, 0.3) is 5.91 Å². The van der Waals surface area contributed by atoms with Gasteiger partial charge in [-0.15, -0.1) is 0 Å². The lowest BCUT2D eigenvalue weighted by atomic mass is 10.1. The van der Waals surface area contributed by atoms with E-state index < -0.39 is 0 Å². The number of ether oxygens (including phenoxy) is 3. The molecule has 1 amide bonds. The second-order valence-electron chi connectivity index (χ2n) is 5.16. The molecule has 7 nitrogen and oxygen atoms in total. The summed E-state index contributed by atoms with van der Waals surface area (Å²) < 4.78 is 15.8. The van der Waals surface area contributed by atoms with Crippen molar-refractivity contribution < 1.29 is 19.0 Å². The average molecular weight is 331 g/mol. The molecular formula is C17H21N3O4. The fourth-order valence-corrected chi connectivity index (χ4v) is 2.28. The van der Waals surface area contributed by atoms with Gasteiger partial charge >= 0.3 is 0 Å². The van der Waals surface area contributed by atoms with Crippen LogP contribution in [0.1, 0.15) is 10.4 Å². The topological polar surface area (TPSA) is 72.9 Å². The van der Waals surface area contributed by atoms with E-state index in [0.717, 1.165) is 5.69 Å². The zero-order chi connectivity index (χ0) is 17.7. The lowest BCUT2D eigenvalue weighted by Gasteiger charge is -2.18. The predicted molar refractivity (Wildman–Crippen MR) is 92.6 cm³/mol. The summed E-state index contributed by atoms with van der Waals surface area (Å²) in [6.45, 7) is 0. The summed E-state index contributed by atoms with van der Waals surface area (Å²) in [6, 6.07) is 5.02. The lowest BCUT2D eigenvalue weighted by Crippen LogP contribution is -2.17. The zero-order valence-electron chi connectivity index (χ0n) is 14.4. The first-order valence-corrected chi connectivity index (χ1v) is 7.24. The summed E-state index contributed by atoms with van der Waals surface area (Å²) in [4.78, 5) is 18.6. The molecule has 0 bridgehead atoms. The Kier molecular flexibility index (Phi) is 5.47. The molecule has 2 rings (SSSR count). The molecule has 1 N–H and O–H groups in total. The van der Waals surface area contributed by atoms with Crippen LogP contribution in [0.25, 0.3) is 0 Å². The lowest BCUT2D eigenvalue weighted by molar-refractivity contribution is 0.102. The van der Waals surface area contributed by atoms with Gasteiger partial charge in [0, 0.05) is 25.9 Å². The summed E-state index contributed by atoms with van der Waals surface area (Å²) in [6.07, 6.45) is 3.27. The van der Waals surface area contributed by atoms with Gasteiger partial charge in [-0.2, -0.15) is 0 Å². The summed E-state index contributed by atoms with van der Waals surface area (Å²) in [5.74, 6) is 0.972. The van der Waals surface area contributed by atoms with E-state index in [4.69, 9.17) is 14.2 Å². The Balaban J connectivity index is 2.37. The molecule has 128 valence electrons. The Hall–Kier alpha value is -2.96. The predicted octanol–water partition coefficient (Wildman–Crippen LogP) is 2.43. The van der Waals surface area contributed by atoms with Crippen molar-refractivity contribution in [2.24, 2.45) is 0 Å². The standard InChI is InChI=1S/C17H21N3O4/c1-20(2)13-6-7-18-10-12(13)19-17(21)11-8-14(22-3)16(24-5)15(9-11)23-4/h6-10H,1-5H3,(H,19,21). The molecule has 0 fully saturated rings. The molecule has 1 aromatic carbocycles. The highest BCUT2D eigenvalue weighted by molar-refractivity contribution is 6.06. The molecule has 0 spiro atoms. The van der Waals surface area contributed by atoms with Crippen molar-refractivity contribution in [3.05, 3.63) is 36.2 Å². The fourth-order valence-electron chi connectivity index (χ4n) is 2.28. The van der Waals surface area contributed by atoms with Crippen LogP contribution in [-0.4, -0.2) is 46.3 Å². The Morgan fingerprint density at radius 2 is 1.71 bits per heavy atom. The van der Waals surface area contributed by atoms with E-state index in [1.54, 1.807) is 24.5 Å². The number of aromatic nitrogens is 1. The molecule has 1 heterocycles. The molecule has 0 saturated carbocycles. The van der Waals surface area contributed by atoms with Gasteiger partial charge in [0.05, 0.1) is 38.9 Å². The number of hydrogen-bond donors (Lipinski definition) is 1. The van der Waals surface area contributed by atoms with Crippen LogP contribution in [0.2, 0.25) is 0 Å². The Bertz CT molecular complexity index is 707. The van der Waals surface area contributed by atoms with Crippen LogP contribution >= 0.6 is 0 Å². The van der Waals surface area contributed by atoms with E-state index in [9.17, 15) is 4.79 Å². The number of rotatable bonds is 6. The highest BCUT2D eigenvalue weighted by Crippen LogP contribution is 2.38. The van der Waals surface area contributed by atoms with Crippen molar-refractivity contribution in [1.29, 1.82) is 0 Å². The Labute approximate surface area is 141 Å². The number of anilines is 2. The van der Waals surface area contributed by atoms with E-state index in [1.165, 1.54) is 21.3 Å². The highest BCUT2D eigenvalue weighted by atomic mass is 16.5. The number of nitrogens with zero attached hydrogens (tertiary/aromatic N) is 2. The number of carbonyl (C=O) groups is 1. The van der Waals surface area contributed by atoms with Gasteiger partial charge in [-0.1, -0.05) is 0 Å². The normalized spacial score (nSPS) is 10.0. The summed E-state index contributed by atoms with van der Waals surface area (Å²) in [5.41, 5.74) is 1.85. The highest BCUT2D eigenvalue weighted by Gasteiger charge is 2.18. The van der Waals surface area contributed by atoms with Crippen LogP contribution in [0.5, 0.6) is 17.2 Å². The Morgan fingerprint density at radius 3 is 2.21 bits per heavy atom. The van der Waals surface area contributed by atoms with E-state index in [1.807, 2.05) is 25.1 Å². The van der Waals surface area contributed by atoms with Gasteiger partial charge in [0.1, 0.15) is 0 Å². The van der Waals surface area contributed by atoms with Crippen LogP contribution in [-0.2, 0) is 0 Å². The van der Waals surface area contributed by atoms with Gasteiger partial charge in [0.2, 0.25) is 5.75 Å². The number of methoxy groups -OCH3 is 3. The average Bonchev–Trinajstić information content (AvgIpc) is 2.60. The minimum Gasteiger partial charge on any atom is -0.493 e. The van der Waals surface area contributed by atoms with Crippen LogP contribution < -0.4 is 24.4 Å². The molecule has 2 aromatic rings. The fraction of sp³-hybridized carbons (Fsp3) is 0.294. The van der Waals surface area contributed by atoms with Crippen molar-refractivity contribution in [2.75, 3.05) is 45.6 Å². The van der Waals surface area contributed by atoms with Crippen molar-refractivity contribution in [3.8, 4) is 17.2 Å². The van der Waals surface area contributed by atoms with Crippen molar-refractivity contribution in [1.82, 2.24) is 4.98 Å². The van der Waals surface area contributed by atoms with Crippen LogP contribution in [0.4, 0.5) is 11.4 Å². The number of carbonyl (C=O) groups excluding carboxylic acids is 1. The first kappa shape index (κ1) is 17.4. The van der Waals surface area contributed by atoms with Crippen LogP contribution in [0, 0.1) is 0 Å². The third-order valence-corrected chi connectivity index (χ3v) is 3.45. The maximum Gasteiger partial charge on any atom is 0.256 e. The third kappa shape index (κ3) is 3.51. The molecule has 0 aliphatic heterocycles. The van der Waals surface area contributed by atoms with Crippen molar-refractivity contribution >= 4 is 17.3 Å². The van der Waals surface area contributed by atoms with Gasteiger partial charge in [0.15, 0.2) is 11.5 Å². The maximum absolute atomic E-state index is 12.6. The number of pyridine rings is 1. The van der Waals surface area contributed by atoms with Gasteiger partial charge < -0.3 is 24.4 Å². The molecule has 0 atom stereocenters. The molecule has 7 heteroatoms. The van der Waals surface area contributed by atoms with Gasteiger partial charge in [-0.3, -0.25) is 9.78 Å². The second kappa shape index (κ2) is 7.54. The first-order valence-electron chi connectivity index (χ1n) is 7.24. The molecule has 0 aliphatic rings. The number of hydrogen-bond acceptors (Lipinski definition) is 6. The molecule has 0 aliphatic carbocycles. The molecule has 0 unspecified atom stereocenters.